The number of amides is 2. The van der Waals surface area contributed by atoms with Crippen LogP contribution in [-0.2, 0) is 12.4 Å². The fourth-order valence-electron chi connectivity index (χ4n) is 2.58. The summed E-state index contributed by atoms with van der Waals surface area (Å²) in [7, 11) is 0. The SMILES string of the molecule is O=C(Nc1cc(C(F)(F)F)cc(C(F)(F)F)c1)NC1(C(F)(F)F)Oc2cc(Cl)c(Cl)cc2O1. The van der Waals surface area contributed by atoms with Crippen LogP contribution in [0, 0.1) is 0 Å². The lowest BCUT2D eigenvalue weighted by molar-refractivity contribution is -0.317. The molecule has 0 radical (unpaired) electrons. The van der Waals surface area contributed by atoms with Gasteiger partial charge in [0.05, 0.1) is 21.2 Å². The predicted molar refractivity (Wildman–Crippen MR) is 95.1 cm³/mol. The predicted octanol–water partition coefficient (Wildman–Crippen LogP) is 6.84. The molecule has 1 aliphatic rings. The normalized spacial score (nSPS) is 15.4. The minimum absolute atomic E-state index is 0.0970. The minimum Gasteiger partial charge on any atom is -0.424 e. The van der Waals surface area contributed by atoms with Crippen molar-refractivity contribution in [2.45, 2.75) is 24.4 Å². The number of nitrogens with one attached hydrogen (secondary N) is 2. The van der Waals surface area contributed by atoms with E-state index in [-0.39, 0.29) is 28.2 Å². The van der Waals surface area contributed by atoms with E-state index in [9.17, 15) is 44.3 Å². The highest BCUT2D eigenvalue weighted by Gasteiger charge is 2.66. The van der Waals surface area contributed by atoms with E-state index in [1.807, 2.05) is 0 Å². The van der Waals surface area contributed by atoms with Gasteiger partial charge in [-0.25, -0.2) is 4.79 Å². The first kappa shape index (κ1) is 24.9. The van der Waals surface area contributed by atoms with Gasteiger partial charge < -0.3 is 14.8 Å². The summed E-state index contributed by atoms with van der Waals surface area (Å²) in [5.41, 5.74) is -4.71. The Bertz CT molecular complexity index is 1040. The molecule has 2 amide bonds. The lowest BCUT2D eigenvalue weighted by atomic mass is 10.1. The van der Waals surface area contributed by atoms with Crippen molar-refractivity contribution in [1.29, 1.82) is 0 Å². The number of hydrogen-bond donors (Lipinski definition) is 2. The summed E-state index contributed by atoms with van der Waals surface area (Å²) < 4.78 is 128. The number of hydrogen-bond acceptors (Lipinski definition) is 3. The molecule has 0 aromatic heterocycles. The molecule has 0 bridgehead atoms. The van der Waals surface area contributed by atoms with Crippen molar-refractivity contribution in [2.75, 3.05) is 5.32 Å². The molecule has 0 fully saturated rings. The van der Waals surface area contributed by atoms with Crippen molar-refractivity contribution >= 4 is 34.9 Å². The maximum Gasteiger partial charge on any atom is 0.492 e. The molecule has 0 saturated heterocycles. The highest BCUT2D eigenvalue weighted by atomic mass is 35.5. The first-order chi connectivity index (χ1) is 14.9. The number of rotatable bonds is 2. The molecule has 2 aromatic carbocycles. The third-order valence-electron chi connectivity index (χ3n) is 3.99. The van der Waals surface area contributed by atoms with Crippen LogP contribution in [0.4, 0.5) is 50.0 Å². The van der Waals surface area contributed by atoms with E-state index in [0.29, 0.717) is 0 Å². The maximum absolute atomic E-state index is 13.7. The third kappa shape index (κ3) is 5.11. The second-order valence-corrected chi connectivity index (χ2v) is 7.22. The molecule has 0 saturated carbocycles. The van der Waals surface area contributed by atoms with E-state index in [4.69, 9.17) is 23.2 Å². The van der Waals surface area contributed by atoms with Crippen LogP contribution in [0.15, 0.2) is 30.3 Å². The van der Waals surface area contributed by atoms with E-state index < -0.39 is 58.8 Å². The number of carbonyl (C=O) groups is 1. The van der Waals surface area contributed by atoms with Crippen LogP contribution in [0.1, 0.15) is 11.1 Å². The minimum atomic E-state index is -5.48. The van der Waals surface area contributed by atoms with Gasteiger partial charge in [-0.1, -0.05) is 23.2 Å². The van der Waals surface area contributed by atoms with Gasteiger partial charge in [0.1, 0.15) is 0 Å². The van der Waals surface area contributed by atoms with E-state index >= 15 is 0 Å². The van der Waals surface area contributed by atoms with Gasteiger partial charge in [-0.2, -0.15) is 39.5 Å². The monoisotopic (exact) mass is 528 g/mol. The highest BCUT2D eigenvalue weighted by Crippen LogP contribution is 2.48. The second kappa shape index (κ2) is 7.94. The Morgan fingerprint density at radius 2 is 1.18 bits per heavy atom. The molecule has 0 spiro atoms. The Morgan fingerprint density at radius 1 is 0.758 bits per heavy atom. The zero-order valence-electron chi connectivity index (χ0n) is 15.3. The van der Waals surface area contributed by atoms with E-state index in [2.05, 4.69) is 9.47 Å². The van der Waals surface area contributed by atoms with Gasteiger partial charge in [-0.05, 0) is 18.2 Å². The zero-order valence-corrected chi connectivity index (χ0v) is 16.8. The molecule has 16 heteroatoms. The Balaban J connectivity index is 1.91. The summed E-state index contributed by atoms with van der Waals surface area (Å²) in [5.74, 6) is -5.08. The summed E-state index contributed by atoms with van der Waals surface area (Å²) >= 11 is 11.4. The first-order valence-corrected chi connectivity index (χ1v) is 8.99. The Labute approximate surface area is 187 Å². The smallest absolute Gasteiger partial charge is 0.424 e. The van der Waals surface area contributed by atoms with Crippen LogP contribution in [-0.4, -0.2) is 18.1 Å². The Hall–Kier alpha value is -2.74. The van der Waals surface area contributed by atoms with Crippen LogP contribution in [0.2, 0.25) is 10.0 Å². The van der Waals surface area contributed by atoms with Gasteiger partial charge in [-0.3, -0.25) is 5.32 Å². The molecule has 3 rings (SSSR count). The number of urea groups is 1. The van der Waals surface area contributed by atoms with Crippen LogP contribution < -0.4 is 20.1 Å². The fourth-order valence-corrected chi connectivity index (χ4v) is 2.88. The van der Waals surface area contributed by atoms with E-state index in [1.165, 1.54) is 10.6 Å². The average Bonchev–Trinajstić information content (AvgIpc) is 2.98. The molecular weight excluding hydrogens is 522 g/mol. The molecule has 0 aliphatic carbocycles. The summed E-state index contributed by atoms with van der Waals surface area (Å²) in [4.78, 5) is 12.1. The first-order valence-electron chi connectivity index (χ1n) is 8.24. The second-order valence-electron chi connectivity index (χ2n) is 6.41. The fraction of sp³-hybridized carbons (Fsp3) is 0.235. The van der Waals surface area contributed by atoms with E-state index in [0.717, 1.165) is 12.1 Å². The average molecular weight is 529 g/mol. The van der Waals surface area contributed by atoms with Gasteiger partial charge in [0.25, 0.3) is 0 Å². The summed E-state index contributed by atoms with van der Waals surface area (Å²) in [6, 6.07) is -0.249. The Kier molecular flexibility index (Phi) is 5.99. The lowest BCUT2D eigenvalue weighted by Gasteiger charge is -2.29. The lowest BCUT2D eigenvalue weighted by Crippen LogP contribution is -2.65. The zero-order chi connectivity index (χ0) is 25.0. The molecule has 0 unspecified atom stereocenters. The summed E-state index contributed by atoms with van der Waals surface area (Å²) in [6.07, 6.45) is -16.0. The number of ether oxygens (including phenoxy) is 2. The van der Waals surface area contributed by atoms with Crippen molar-refractivity contribution in [3.05, 3.63) is 51.5 Å². The van der Waals surface area contributed by atoms with E-state index in [1.54, 1.807) is 0 Å². The molecular formula is C17H7Cl2F9N2O3. The summed E-state index contributed by atoms with van der Waals surface area (Å²) in [6.45, 7) is 0. The highest BCUT2D eigenvalue weighted by molar-refractivity contribution is 6.42. The molecule has 2 aromatic rings. The quantitative estimate of drug-likeness (QED) is 0.419. The standard InChI is InChI=1S/C17H7Cl2F9N2O3/c18-9-4-11-12(5-10(9)19)33-17(32-11,16(26,27)28)30-13(31)29-8-2-6(14(20,21)22)1-7(3-8)15(23,24)25/h1-5H,(H2,29,30,31). The number of carbonyl (C=O) groups excluding carboxylic acids is 1. The van der Waals surface area contributed by atoms with Gasteiger partial charge in [0.2, 0.25) is 0 Å². The number of anilines is 1. The number of halogens is 11. The van der Waals surface area contributed by atoms with Gasteiger partial charge in [0.15, 0.2) is 11.5 Å². The number of alkyl halides is 9. The summed E-state index contributed by atoms with van der Waals surface area (Å²) in [5, 5.41) is 2.23. The van der Waals surface area contributed by atoms with Gasteiger partial charge in [0, 0.05) is 17.8 Å². The molecule has 0 atom stereocenters. The van der Waals surface area contributed by atoms with Crippen molar-refractivity contribution in [2.24, 2.45) is 0 Å². The van der Waals surface area contributed by atoms with Crippen LogP contribution in [0.25, 0.3) is 0 Å². The molecule has 1 heterocycles. The Morgan fingerprint density at radius 3 is 1.55 bits per heavy atom. The molecule has 2 N–H and O–H groups in total. The van der Waals surface area contributed by atoms with Crippen LogP contribution in [0.5, 0.6) is 11.5 Å². The molecule has 180 valence electrons. The number of benzene rings is 2. The largest absolute Gasteiger partial charge is 0.492 e. The van der Waals surface area contributed by atoms with Crippen molar-refractivity contribution < 1.29 is 53.8 Å². The topological polar surface area (TPSA) is 59.6 Å². The van der Waals surface area contributed by atoms with Crippen LogP contribution >= 0.6 is 23.2 Å². The molecule has 33 heavy (non-hydrogen) atoms. The molecule has 1 aliphatic heterocycles. The number of fused-ring (bicyclic) bond motifs is 1. The van der Waals surface area contributed by atoms with Crippen molar-refractivity contribution in [3.8, 4) is 11.5 Å². The van der Waals surface area contributed by atoms with Crippen LogP contribution in [0.3, 0.4) is 0 Å². The maximum atomic E-state index is 13.7. The van der Waals surface area contributed by atoms with Crippen molar-refractivity contribution in [3.63, 3.8) is 0 Å². The third-order valence-corrected chi connectivity index (χ3v) is 4.71. The van der Waals surface area contributed by atoms with Gasteiger partial charge >= 0.3 is 30.5 Å². The molecule has 5 nitrogen and oxygen atoms in total. The van der Waals surface area contributed by atoms with Crippen molar-refractivity contribution in [1.82, 2.24) is 5.32 Å². The van der Waals surface area contributed by atoms with Gasteiger partial charge in [-0.15, -0.1) is 0 Å².